The lowest BCUT2D eigenvalue weighted by atomic mass is 9.95. The molecular weight excluding hydrogens is 466 g/mol. The minimum atomic E-state index is -0.299. The third kappa shape index (κ3) is 5.43. The summed E-state index contributed by atoms with van der Waals surface area (Å²) in [6, 6.07) is 9.58. The SMILES string of the molecule is CCN(C(=O)C1CC1)c1cc(-c2ccc(NC)nc2C)cc(C(=O)NCc2c(C)cc(C)[nH]c2=O)c1C. The van der Waals surface area contributed by atoms with Gasteiger partial charge in [-0.05, 0) is 94.5 Å². The van der Waals surface area contributed by atoms with Crippen molar-refractivity contribution in [3.8, 4) is 11.1 Å². The van der Waals surface area contributed by atoms with Gasteiger partial charge in [0.1, 0.15) is 5.82 Å². The Labute approximate surface area is 217 Å². The van der Waals surface area contributed by atoms with Crippen LogP contribution in [0.5, 0.6) is 0 Å². The van der Waals surface area contributed by atoms with Crippen LogP contribution in [0.3, 0.4) is 0 Å². The zero-order chi connectivity index (χ0) is 26.9. The Bertz CT molecular complexity index is 1420. The summed E-state index contributed by atoms with van der Waals surface area (Å²) < 4.78 is 0. The van der Waals surface area contributed by atoms with E-state index < -0.39 is 0 Å². The number of amides is 2. The number of anilines is 2. The van der Waals surface area contributed by atoms with Crippen LogP contribution >= 0.6 is 0 Å². The highest BCUT2D eigenvalue weighted by Crippen LogP contribution is 2.37. The number of hydrogen-bond donors (Lipinski definition) is 3. The van der Waals surface area contributed by atoms with E-state index in [4.69, 9.17) is 0 Å². The van der Waals surface area contributed by atoms with E-state index in [9.17, 15) is 14.4 Å². The zero-order valence-electron chi connectivity index (χ0n) is 22.4. The van der Waals surface area contributed by atoms with Gasteiger partial charge < -0.3 is 20.5 Å². The normalized spacial score (nSPS) is 12.8. The van der Waals surface area contributed by atoms with E-state index in [2.05, 4.69) is 20.6 Å². The molecular formula is C29H35N5O3. The molecule has 1 saturated carbocycles. The first-order valence-electron chi connectivity index (χ1n) is 12.7. The molecule has 8 nitrogen and oxygen atoms in total. The highest BCUT2D eigenvalue weighted by molar-refractivity contribution is 6.03. The monoisotopic (exact) mass is 501 g/mol. The second kappa shape index (κ2) is 10.6. The van der Waals surface area contributed by atoms with Crippen LogP contribution < -0.4 is 21.1 Å². The third-order valence-electron chi connectivity index (χ3n) is 7.00. The molecule has 1 fully saturated rings. The van der Waals surface area contributed by atoms with Crippen molar-refractivity contribution in [2.75, 3.05) is 23.8 Å². The molecule has 2 aromatic heterocycles. The van der Waals surface area contributed by atoms with Crippen molar-refractivity contribution in [1.82, 2.24) is 15.3 Å². The zero-order valence-corrected chi connectivity index (χ0v) is 22.4. The first kappa shape index (κ1) is 26.1. The van der Waals surface area contributed by atoms with Gasteiger partial charge >= 0.3 is 0 Å². The van der Waals surface area contributed by atoms with E-state index in [1.165, 1.54) is 0 Å². The fourth-order valence-corrected chi connectivity index (χ4v) is 4.74. The van der Waals surface area contributed by atoms with E-state index >= 15 is 0 Å². The number of aromatic nitrogens is 2. The number of rotatable bonds is 8. The van der Waals surface area contributed by atoms with Gasteiger partial charge in [0, 0.05) is 59.8 Å². The molecule has 0 unspecified atom stereocenters. The highest BCUT2D eigenvalue weighted by atomic mass is 16.2. The molecule has 37 heavy (non-hydrogen) atoms. The number of H-pyrrole nitrogens is 1. The molecule has 0 atom stereocenters. The molecule has 2 heterocycles. The van der Waals surface area contributed by atoms with Crippen molar-refractivity contribution in [2.24, 2.45) is 5.92 Å². The fraction of sp³-hybridized carbons (Fsp3) is 0.379. The third-order valence-corrected chi connectivity index (χ3v) is 7.00. The van der Waals surface area contributed by atoms with Gasteiger partial charge in [0.15, 0.2) is 0 Å². The molecule has 4 rings (SSSR count). The van der Waals surface area contributed by atoms with Crippen molar-refractivity contribution in [3.05, 3.63) is 74.3 Å². The largest absolute Gasteiger partial charge is 0.373 e. The lowest BCUT2D eigenvalue weighted by Gasteiger charge is -2.25. The summed E-state index contributed by atoms with van der Waals surface area (Å²) in [5.74, 6) is 0.600. The Morgan fingerprint density at radius 2 is 1.84 bits per heavy atom. The summed E-state index contributed by atoms with van der Waals surface area (Å²) in [6.45, 7) is 10.1. The summed E-state index contributed by atoms with van der Waals surface area (Å²) in [5, 5.41) is 5.98. The molecule has 3 aromatic rings. The topological polar surface area (TPSA) is 107 Å². The number of hydrogen-bond acceptors (Lipinski definition) is 5. The molecule has 0 aliphatic heterocycles. The molecule has 2 amide bonds. The molecule has 8 heteroatoms. The number of benzene rings is 1. The molecule has 0 spiro atoms. The van der Waals surface area contributed by atoms with E-state index in [0.29, 0.717) is 17.7 Å². The van der Waals surface area contributed by atoms with Crippen LogP contribution in [-0.4, -0.2) is 35.4 Å². The van der Waals surface area contributed by atoms with Gasteiger partial charge in [-0.1, -0.05) is 0 Å². The van der Waals surface area contributed by atoms with Gasteiger partial charge in [-0.3, -0.25) is 14.4 Å². The van der Waals surface area contributed by atoms with E-state index in [1.54, 1.807) is 4.90 Å². The van der Waals surface area contributed by atoms with Crippen LogP contribution in [0.15, 0.2) is 35.1 Å². The van der Waals surface area contributed by atoms with Crippen molar-refractivity contribution in [3.63, 3.8) is 0 Å². The average molecular weight is 502 g/mol. The van der Waals surface area contributed by atoms with Gasteiger partial charge in [-0.15, -0.1) is 0 Å². The minimum absolute atomic E-state index is 0.0508. The average Bonchev–Trinajstić information content (AvgIpc) is 3.70. The minimum Gasteiger partial charge on any atom is -0.373 e. The number of aryl methyl sites for hydroxylation is 3. The van der Waals surface area contributed by atoms with Crippen LogP contribution in [-0.2, 0) is 11.3 Å². The first-order valence-corrected chi connectivity index (χ1v) is 12.7. The second-order valence-corrected chi connectivity index (χ2v) is 9.73. The van der Waals surface area contributed by atoms with E-state index in [-0.39, 0.29) is 29.8 Å². The molecule has 0 saturated heterocycles. The molecule has 0 radical (unpaired) electrons. The number of nitrogens with zero attached hydrogens (tertiary/aromatic N) is 2. The van der Waals surface area contributed by atoms with Gasteiger partial charge in [0.2, 0.25) is 5.91 Å². The highest BCUT2D eigenvalue weighted by Gasteiger charge is 2.34. The van der Waals surface area contributed by atoms with Crippen molar-refractivity contribution in [1.29, 1.82) is 0 Å². The number of carbonyl (C=O) groups excluding carboxylic acids is 2. The summed E-state index contributed by atoms with van der Waals surface area (Å²) >= 11 is 0. The number of carbonyl (C=O) groups is 2. The van der Waals surface area contributed by atoms with Gasteiger partial charge in [0.05, 0.1) is 0 Å². The lowest BCUT2D eigenvalue weighted by Crippen LogP contribution is -2.33. The number of pyridine rings is 2. The van der Waals surface area contributed by atoms with Crippen LogP contribution in [0, 0.1) is 33.6 Å². The lowest BCUT2D eigenvalue weighted by molar-refractivity contribution is -0.119. The van der Waals surface area contributed by atoms with Gasteiger partial charge in [0.25, 0.3) is 11.5 Å². The van der Waals surface area contributed by atoms with Crippen LogP contribution in [0.1, 0.15) is 58.2 Å². The molecule has 3 N–H and O–H groups in total. The van der Waals surface area contributed by atoms with Crippen molar-refractivity contribution >= 4 is 23.3 Å². The van der Waals surface area contributed by atoms with E-state index in [0.717, 1.165) is 58.0 Å². The van der Waals surface area contributed by atoms with Crippen LogP contribution in [0.2, 0.25) is 0 Å². The maximum absolute atomic E-state index is 13.5. The summed E-state index contributed by atoms with van der Waals surface area (Å²) in [6.07, 6.45) is 1.81. The van der Waals surface area contributed by atoms with Gasteiger partial charge in [-0.2, -0.15) is 0 Å². The maximum atomic E-state index is 13.5. The van der Waals surface area contributed by atoms with Crippen LogP contribution in [0.4, 0.5) is 11.5 Å². The van der Waals surface area contributed by atoms with Crippen LogP contribution in [0.25, 0.3) is 11.1 Å². The fourth-order valence-electron chi connectivity index (χ4n) is 4.74. The maximum Gasteiger partial charge on any atom is 0.253 e. The predicted molar refractivity (Wildman–Crippen MR) is 147 cm³/mol. The smallest absolute Gasteiger partial charge is 0.253 e. The van der Waals surface area contributed by atoms with E-state index in [1.807, 2.05) is 72.0 Å². The van der Waals surface area contributed by atoms with Crippen molar-refractivity contribution in [2.45, 2.75) is 54.0 Å². The molecule has 0 bridgehead atoms. The Morgan fingerprint density at radius 3 is 2.43 bits per heavy atom. The summed E-state index contributed by atoms with van der Waals surface area (Å²) in [5.41, 5.74) is 6.34. The molecule has 194 valence electrons. The Morgan fingerprint density at radius 1 is 1.11 bits per heavy atom. The number of nitrogens with one attached hydrogen (secondary N) is 3. The Hall–Kier alpha value is -3.94. The Kier molecular flexibility index (Phi) is 7.47. The molecule has 1 aliphatic rings. The first-order chi connectivity index (χ1) is 17.6. The standard InChI is InChI=1S/C29H35N5O3/c1-7-34(29(37)20-8-9-20)25-14-21(22-10-11-26(30-6)33-19(22)5)13-23(18(25)4)27(35)31-15-24-16(2)12-17(3)32-28(24)36/h10-14,20H,7-9,15H2,1-6H3,(H,30,33)(H,31,35)(H,32,36). The molecule has 1 aliphatic carbocycles. The molecule has 1 aromatic carbocycles. The number of aromatic amines is 1. The van der Waals surface area contributed by atoms with Crippen molar-refractivity contribution < 1.29 is 9.59 Å². The quantitative estimate of drug-likeness (QED) is 0.424. The summed E-state index contributed by atoms with van der Waals surface area (Å²) in [4.78, 5) is 48.3. The predicted octanol–water partition coefficient (Wildman–Crippen LogP) is 4.41. The second-order valence-electron chi connectivity index (χ2n) is 9.73. The Balaban J connectivity index is 1.77. The summed E-state index contributed by atoms with van der Waals surface area (Å²) in [7, 11) is 1.82. The van der Waals surface area contributed by atoms with Gasteiger partial charge in [-0.25, -0.2) is 4.98 Å².